The highest BCUT2D eigenvalue weighted by molar-refractivity contribution is 6.35. The van der Waals surface area contributed by atoms with Gasteiger partial charge in [-0.05, 0) is 85.4 Å². The third-order valence-electron chi connectivity index (χ3n) is 9.13. The molecule has 50 heavy (non-hydrogen) atoms. The molecule has 3 saturated heterocycles. The van der Waals surface area contributed by atoms with Crippen LogP contribution in [0.2, 0.25) is 15.1 Å². The number of rotatable bonds is 11. The van der Waals surface area contributed by atoms with Gasteiger partial charge in [0.2, 0.25) is 0 Å². The Morgan fingerprint density at radius 3 is 2.24 bits per heavy atom. The molecule has 3 aliphatic rings. The van der Waals surface area contributed by atoms with Crippen molar-refractivity contribution in [1.82, 2.24) is 4.90 Å². The summed E-state index contributed by atoms with van der Waals surface area (Å²) in [5.74, 6) is 0.849. The standard InChI is InChI=1S/C37H36Cl3N3O6.H2O/c1-46-32-11-10-26(16-34(32)47-2)33(18-29-30(39)19-41-20-31(29)40)48-36(44)25-8-6-23(7-9-25)21-43(28-5-3-4-27(38)17-28)37(45)49-35-22-42-14-12-24(35)13-15-42;/h3-11,16-17,19-20,24,33,35H,12-15,18,21-22H2,1-2H3;1H2/t33-,35-;/m0./s1. The van der Waals surface area contributed by atoms with Crippen LogP contribution in [-0.2, 0) is 22.4 Å². The van der Waals surface area contributed by atoms with E-state index in [0.717, 1.165) is 38.0 Å². The molecule has 0 radical (unpaired) electrons. The highest BCUT2D eigenvalue weighted by Crippen LogP contribution is 2.36. The summed E-state index contributed by atoms with van der Waals surface area (Å²) in [6, 6.07) is 19.4. The lowest BCUT2D eigenvalue weighted by atomic mass is 9.86. The molecule has 0 spiro atoms. The second-order valence-corrected chi connectivity index (χ2v) is 13.4. The van der Waals surface area contributed by atoms with Gasteiger partial charge in [0.1, 0.15) is 22.3 Å². The van der Waals surface area contributed by atoms with Crippen molar-refractivity contribution >= 4 is 52.6 Å². The number of fused-ring (bicyclic) bond motifs is 3. The van der Waals surface area contributed by atoms with Gasteiger partial charge < -0.3 is 24.4 Å². The summed E-state index contributed by atoms with van der Waals surface area (Å²) < 4.78 is 23.1. The third-order valence-corrected chi connectivity index (χ3v) is 10.0. The van der Waals surface area contributed by atoms with E-state index in [0.29, 0.717) is 54.9 Å². The predicted molar refractivity (Wildman–Crippen MR) is 190 cm³/mol. The van der Waals surface area contributed by atoms with Gasteiger partial charge in [0, 0.05) is 29.2 Å². The van der Waals surface area contributed by atoms with Crippen molar-refractivity contribution in [3.8, 4) is 11.5 Å². The Morgan fingerprint density at radius 1 is 0.920 bits per heavy atom. The van der Waals surface area contributed by atoms with Crippen LogP contribution in [0.3, 0.4) is 0 Å². The lowest BCUT2D eigenvalue weighted by Gasteiger charge is -2.44. The lowest BCUT2D eigenvalue weighted by Crippen LogP contribution is -2.53. The van der Waals surface area contributed by atoms with Crippen LogP contribution in [0.15, 0.2) is 79.1 Å². The van der Waals surface area contributed by atoms with Gasteiger partial charge in [0.25, 0.3) is 0 Å². The first-order valence-corrected chi connectivity index (χ1v) is 17.2. The molecule has 4 aromatic rings. The van der Waals surface area contributed by atoms with Gasteiger partial charge in [-0.2, -0.15) is 0 Å². The van der Waals surface area contributed by atoms with Crippen LogP contribution < -0.4 is 19.4 Å². The highest BCUT2D eigenvalue weighted by Gasteiger charge is 2.37. The predicted octanol–water partition coefficient (Wildman–Crippen LogP) is 7.68. The van der Waals surface area contributed by atoms with Crippen molar-refractivity contribution in [2.75, 3.05) is 38.8 Å². The van der Waals surface area contributed by atoms with Crippen LogP contribution in [0.1, 0.15) is 46.0 Å². The quantitative estimate of drug-likeness (QED) is 0.144. The number of aromatic amines is 1. The molecule has 2 atom stereocenters. The fraction of sp³-hybridized carbons (Fsp3) is 0.324. The first-order chi connectivity index (χ1) is 23.7. The number of esters is 1. The van der Waals surface area contributed by atoms with E-state index in [1.165, 1.54) is 7.11 Å². The molecule has 2 N–H and O–H groups in total. The summed E-state index contributed by atoms with van der Waals surface area (Å²) in [7, 11) is 3.09. The van der Waals surface area contributed by atoms with Crippen molar-refractivity contribution in [2.45, 2.75) is 38.0 Å². The fourth-order valence-electron chi connectivity index (χ4n) is 6.41. The molecule has 10 nitrogen and oxygen atoms in total. The summed E-state index contributed by atoms with van der Waals surface area (Å²) >= 11 is 19.3. The average Bonchev–Trinajstić information content (AvgIpc) is 3.12. The Labute approximate surface area is 306 Å². The number of piperidine rings is 3. The smallest absolute Gasteiger partial charge is 0.414 e. The van der Waals surface area contributed by atoms with Gasteiger partial charge in [-0.1, -0.05) is 59.1 Å². The van der Waals surface area contributed by atoms with Crippen molar-refractivity contribution in [3.05, 3.63) is 116 Å². The Morgan fingerprint density at radius 2 is 1.62 bits per heavy atom. The van der Waals surface area contributed by atoms with Crippen LogP contribution in [0.4, 0.5) is 10.5 Å². The number of carbonyl (C=O) groups excluding carboxylic acids is 2. The third kappa shape index (κ3) is 8.62. The number of aromatic nitrogens is 1. The first-order valence-electron chi connectivity index (χ1n) is 16.0. The van der Waals surface area contributed by atoms with E-state index < -0.39 is 18.2 Å². The van der Waals surface area contributed by atoms with E-state index in [2.05, 4.69) is 9.88 Å². The Hall–Kier alpha value is -4.06. The number of anilines is 1. The number of H-pyrrole nitrogens is 1. The number of ether oxygens (including phenoxy) is 4. The fourth-order valence-corrected chi connectivity index (χ4v) is 7.12. The first kappa shape index (κ1) is 37.2. The molecule has 1 aromatic heterocycles. The maximum atomic E-state index is 13.6. The minimum absolute atomic E-state index is 0. The minimum atomic E-state index is -0.760. The Kier molecular flexibility index (Phi) is 12.5. The SMILES string of the molecule is COc1ccc([C@H](Cc2c(Cl)c[nH+]cc2Cl)OC(=O)c2ccc(CN(C(=O)O[C@H]3CN4CCC3CC4)c3cccc(Cl)c3)cc2)cc1OC.[OH-]. The van der Waals surface area contributed by atoms with Crippen LogP contribution in [0.25, 0.3) is 0 Å². The summed E-state index contributed by atoms with van der Waals surface area (Å²) in [5, 5.41) is 1.33. The number of carbonyl (C=O) groups is 2. The van der Waals surface area contributed by atoms with E-state index in [4.69, 9.17) is 53.8 Å². The lowest BCUT2D eigenvalue weighted by molar-refractivity contribution is -0.377. The van der Waals surface area contributed by atoms with Crippen molar-refractivity contribution in [2.24, 2.45) is 5.92 Å². The zero-order valence-corrected chi connectivity index (χ0v) is 29.9. The maximum absolute atomic E-state index is 13.6. The molecule has 4 heterocycles. The van der Waals surface area contributed by atoms with Gasteiger partial charge >= 0.3 is 12.1 Å². The number of pyridine rings is 1. The molecule has 0 unspecified atom stereocenters. The monoisotopic (exact) mass is 741 g/mol. The zero-order chi connectivity index (χ0) is 34.5. The largest absolute Gasteiger partial charge is 0.870 e. The Bertz CT molecular complexity index is 1780. The van der Waals surface area contributed by atoms with Crippen LogP contribution in [0, 0.1) is 5.92 Å². The van der Waals surface area contributed by atoms with Crippen molar-refractivity contribution in [3.63, 3.8) is 0 Å². The number of nitrogens with zero attached hydrogens (tertiary/aromatic N) is 2. The molecule has 3 aromatic carbocycles. The van der Waals surface area contributed by atoms with E-state index in [9.17, 15) is 9.59 Å². The van der Waals surface area contributed by atoms with Crippen LogP contribution >= 0.6 is 34.8 Å². The maximum Gasteiger partial charge on any atom is 0.414 e. The number of benzene rings is 3. The van der Waals surface area contributed by atoms with E-state index >= 15 is 0 Å². The molecule has 0 aliphatic carbocycles. The average molecular weight is 743 g/mol. The molecule has 2 bridgehead atoms. The van der Waals surface area contributed by atoms with Crippen LogP contribution in [-0.4, -0.2) is 62.4 Å². The molecule has 0 saturated carbocycles. The molecular weight excluding hydrogens is 705 g/mol. The molecule has 264 valence electrons. The molecular formula is C37H38Cl3N3O7. The second-order valence-electron chi connectivity index (χ2n) is 12.2. The molecule has 13 heteroatoms. The normalized spacial score (nSPS) is 18.4. The number of methoxy groups -OCH3 is 2. The topological polar surface area (TPSA) is 122 Å². The van der Waals surface area contributed by atoms with Gasteiger partial charge in [0.05, 0.1) is 26.3 Å². The molecule has 3 aliphatic heterocycles. The van der Waals surface area contributed by atoms with Gasteiger partial charge in [-0.3, -0.25) is 9.80 Å². The number of hydrogen-bond donors (Lipinski definition) is 0. The van der Waals surface area contributed by atoms with Crippen LogP contribution in [0.5, 0.6) is 11.5 Å². The van der Waals surface area contributed by atoms with Gasteiger partial charge in [0.15, 0.2) is 23.9 Å². The Balaban J connectivity index is 0.00000486. The number of amides is 1. The number of halogens is 3. The molecule has 1 amide bonds. The van der Waals surface area contributed by atoms with Crippen molar-refractivity contribution < 1.29 is 39.0 Å². The summed E-state index contributed by atoms with van der Waals surface area (Å²) in [6.07, 6.45) is 4.17. The minimum Gasteiger partial charge on any atom is -0.870 e. The van der Waals surface area contributed by atoms with Gasteiger partial charge in [-0.25, -0.2) is 14.6 Å². The van der Waals surface area contributed by atoms with E-state index in [1.807, 2.05) is 6.07 Å². The summed E-state index contributed by atoms with van der Waals surface area (Å²) in [6.45, 7) is 3.06. The molecule has 3 fully saturated rings. The number of hydrogen-bond acceptors (Lipinski definition) is 8. The summed E-state index contributed by atoms with van der Waals surface area (Å²) in [4.78, 5) is 34.1. The zero-order valence-electron chi connectivity index (χ0n) is 27.6. The van der Waals surface area contributed by atoms with Crippen molar-refractivity contribution in [1.29, 1.82) is 0 Å². The van der Waals surface area contributed by atoms with E-state index in [-0.39, 0.29) is 24.5 Å². The molecule has 7 rings (SSSR count). The van der Waals surface area contributed by atoms with E-state index in [1.54, 1.807) is 85.1 Å². The summed E-state index contributed by atoms with van der Waals surface area (Å²) in [5.41, 5.74) is 3.03. The second kappa shape index (κ2) is 16.8. The number of nitrogens with one attached hydrogen (secondary N) is 1. The highest BCUT2D eigenvalue weighted by atomic mass is 35.5. The van der Waals surface area contributed by atoms with Gasteiger partial charge in [-0.15, -0.1) is 0 Å².